The van der Waals surface area contributed by atoms with Gasteiger partial charge in [-0.2, -0.15) is 0 Å². The summed E-state index contributed by atoms with van der Waals surface area (Å²) in [6, 6.07) is 13.5. The van der Waals surface area contributed by atoms with Gasteiger partial charge in [0.2, 0.25) is 0 Å². The van der Waals surface area contributed by atoms with E-state index in [0.29, 0.717) is 21.9 Å². The maximum atomic E-state index is 12.5. The van der Waals surface area contributed by atoms with E-state index >= 15 is 0 Å². The van der Waals surface area contributed by atoms with Crippen molar-refractivity contribution in [2.45, 2.75) is 0 Å². The molecule has 0 spiro atoms. The van der Waals surface area contributed by atoms with Crippen LogP contribution < -0.4 is 9.64 Å². The third-order valence-electron chi connectivity index (χ3n) is 3.31. The molecule has 0 atom stereocenters. The fraction of sp³-hybridized carbons (Fsp3) is 0.0588. The molecule has 6 heteroatoms. The second kappa shape index (κ2) is 6.18. The van der Waals surface area contributed by atoms with Gasteiger partial charge in [-0.1, -0.05) is 24.3 Å². The maximum Gasteiger partial charge on any atom is 0.298 e. The average Bonchev–Trinajstić information content (AvgIpc) is 2.84. The van der Waals surface area contributed by atoms with Crippen molar-refractivity contribution in [1.29, 1.82) is 0 Å². The van der Waals surface area contributed by atoms with Crippen molar-refractivity contribution in [3.8, 4) is 11.5 Å². The Kier molecular flexibility index (Phi) is 4.08. The normalized spacial score (nSPS) is 16.2. The van der Waals surface area contributed by atoms with Gasteiger partial charge >= 0.3 is 0 Å². The van der Waals surface area contributed by atoms with Crippen molar-refractivity contribution < 1.29 is 19.4 Å². The van der Waals surface area contributed by atoms with Gasteiger partial charge in [0.1, 0.15) is 0 Å². The summed E-state index contributed by atoms with van der Waals surface area (Å²) < 4.78 is 5.04. The number of phenolic OH excluding ortho intramolecular Hbond substituents is 1. The molecule has 2 aromatic carbocycles. The maximum absolute atomic E-state index is 12.5. The third kappa shape index (κ3) is 2.93. The average molecular weight is 327 g/mol. The van der Waals surface area contributed by atoms with Gasteiger partial charge in [-0.15, -0.1) is 0 Å². The molecule has 1 heterocycles. The van der Waals surface area contributed by atoms with E-state index in [-0.39, 0.29) is 16.9 Å². The molecule has 1 aliphatic rings. The number of para-hydroxylation sites is 1. The molecule has 1 aliphatic heterocycles. The number of aromatic hydroxyl groups is 1. The summed E-state index contributed by atoms with van der Waals surface area (Å²) >= 11 is 0.884. The van der Waals surface area contributed by atoms with E-state index in [0.717, 1.165) is 16.7 Å². The van der Waals surface area contributed by atoms with Gasteiger partial charge in [0.15, 0.2) is 11.5 Å². The zero-order valence-electron chi connectivity index (χ0n) is 12.2. The Morgan fingerprint density at radius 1 is 1.13 bits per heavy atom. The molecule has 2 amide bonds. The molecular weight excluding hydrogens is 314 g/mol. The Morgan fingerprint density at radius 2 is 1.87 bits per heavy atom. The Bertz CT molecular complexity index is 801. The van der Waals surface area contributed by atoms with Gasteiger partial charge in [-0.25, -0.2) is 4.90 Å². The van der Waals surface area contributed by atoms with Crippen LogP contribution in [0.15, 0.2) is 53.4 Å². The molecule has 116 valence electrons. The van der Waals surface area contributed by atoms with E-state index in [4.69, 9.17) is 4.74 Å². The smallest absolute Gasteiger partial charge is 0.298 e. The number of thioether (sulfide) groups is 1. The fourth-order valence-electron chi connectivity index (χ4n) is 2.20. The van der Waals surface area contributed by atoms with Crippen molar-refractivity contribution in [3.63, 3.8) is 0 Å². The number of phenols is 1. The molecular formula is C17H13NO4S. The lowest BCUT2D eigenvalue weighted by atomic mass is 10.2. The highest BCUT2D eigenvalue weighted by Crippen LogP contribution is 2.36. The first-order valence-corrected chi connectivity index (χ1v) is 7.62. The number of carbonyl (C=O) groups is 2. The molecule has 23 heavy (non-hydrogen) atoms. The number of carbonyl (C=O) groups excluding carboxylic acids is 2. The van der Waals surface area contributed by atoms with Crippen LogP contribution in [0.5, 0.6) is 11.5 Å². The second-order valence-electron chi connectivity index (χ2n) is 4.78. The Labute approximate surface area is 137 Å². The Morgan fingerprint density at radius 3 is 2.57 bits per heavy atom. The van der Waals surface area contributed by atoms with Gasteiger partial charge in [0.05, 0.1) is 17.7 Å². The van der Waals surface area contributed by atoms with Crippen LogP contribution in [0.4, 0.5) is 10.5 Å². The summed E-state index contributed by atoms with van der Waals surface area (Å²) in [7, 11) is 1.45. The van der Waals surface area contributed by atoms with Crippen molar-refractivity contribution in [2.75, 3.05) is 12.0 Å². The summed E-state index contributed by atoms with van der Waals surface area (Å²) in [6.45, 7) is 0. The molecule has 5 nitrogen and oxygen atoms in total. The van der Waals surface area contributed by atoms with Crippen LogP contribution in [-0.2, 0) is 4.79 Å². The van der Waals surface area contributed by atoms with Gasteiger partial charge in [0.25, 0.3) is 11.1 Å². The highest BCUT2D eigenvalue weighted by molar-refractivity contribution is 8.19. The first-order chi connectivity index (χ1) is 11.1. The van der Waals surface area contributed by atoms with Crippen molar-refractivity contribution >= 4 is 34.7 Å². The van der Waals surface area contributed by atoms with Crippen LogP contribution in [0.3, 0.4) is 0 Å². The number of ether oxygens (including phenoxy) is 1. The van der Waals surface area contributed by atoms with E-state index < -0.39 is 0 Å². The van der Waals surface area contributed by atoms with Crippen molar-refractivity contribution in [2.24, 2.45) is 0 Å². The minimum absolute atomic E-state index is 0.0158. The molecule has 0 unspecified atom stereocenters. The zero-order chi connectivity index (χ0) is 16.4. The lowest BCUT2D eigenvalue weighted by Crippen LogP contribution is -2.27. The lowest BCUT2D eigenvalue weighted by Gasteiger charge is -2.11. The monoisotopic (exact) mass is 327 g/mol. The number of methoxy groups -OCH3 is 1. The van der Waals surface area contributed by atoms with Crippen LogP contribution >= 0.6 is 11.8 Å². The van der Waals surface area contributed by atoms with Crippen LogP contribution in [0.2, 0.25) is 0 Å². The zero-order valence-corrected chi connectivity index (χ0v) is 13.0. The summed E-state index contributed by atoms with van der Waals surface area (Å²) in [4.78, 5) is 26.1. The quantitative estimate of drug-likeness (QED) is 0.872. The van der Waals surface area contributed by atoms with Crippen LogP contribution in [0.25, 0.3) is 6.08 Å². The summed E-state index contributed by atoms with van der Waals surface area (Å²) in [5, 5.41) is 9.27. The van der Waals surface area contributed by atoms with E-state index in [1.165, 1.54) is 13.2 Å². The molecule has 1 saturated heterocycles. The first-order valence-electron chi connectivity index (χ1n) is 6.80. The minimum Gasteiger partial charge on any atom is -0.504 e. The second-order valence-corrected chi connectivity index (χ2v) is 5.78. The standard InChI is InChI=1S/C17H13NO4S/c1-22-14-9-11(7-8-13(14)19)10-15-16(20)18(17(21)23-15)12-5-3-2-4-6-12/h2-10,19H,1H3. The highest BCUT2D eigenvalue weighted by atomic mass is 32.2. The third-order valence-corrected chi connectivity index (χ3v) is 4.18. The van der Waals surface area contributed by atoms with E-state index in [2.05, 4.69) is 0 Å². The Hall–Kier alpha value is -2.73. The molecule has 0 saturated carbocycles. The number of hydrogen-bond acceptors (Lipinski definition) is 5. The van der Waals surface area contributed by atoms with Gasteiger partial charge in [0, 0.05) is 0 Å². The van der Waals surface area contributed by atoms with Crippen LogP contribution in [0.1, 0.15) is 5.56 Å². The summed E-state index contributed by atoms with van der Waals surface area (Å²) in [5.41, 5.74) is 1.21. The topological polar surface area (TPSA) is 66.8 Å². The molecule has 1 fully saturated rings. The summed E-state index contributed by atoms with van der Waals surface area (Å²) in [5.74, 6) is -0.0404. The first kappa shape index (κ1) is 15.2. The van der Waals surface area contributed by atoms with E-state index in [9.17, 15) is 14.7 Å². The lowest BCUT2D eigenvalue weighted by molar-refractivity contribution is -0.113. The molecule has 2 aromatic rings. The van der Waals surface area contributed by atoms with Crippen molar-refractivity contribution in [3.05, 3.63) is 59.0 Å². The fourth-order valence-corrected chi connectivity index (χ4v) is 3.04. The number of rotatable bonds is 3. The number of anilines is 1. The molecule has 0 bridgehead atoms. The minimum atomic E-state index is -0.363. The number of imide groups is 1. The van der Waals surface area contributed by atoms with E-state index in [1.807, 2.05) is 6.07 Å². The van der Waals surface area contributed by atoms with E-state index in [1.54, 1.807) is 42.5 Å². The predicted molar refractivity (Wildman–Crippen MR) is 89.6 cm³/mol. The number of hydrogen-bond donors (Lipinski definition) is 1. The molecule has 3 rings (SSSR count). The SMILES string of the molecule is COc1cc(C=C2SC(=O)N(c3ccccc3)C2=O)ccc1O. The predicted octanol–water partition coefficient (Wildman–Crippen LogP) is 3.64. The molecule has 0 aliphatic carbocycles. The number of benzene rings is 2. The summed E-state index contributed by atoms with van der Waals surface area (Å²) in [6.07, 6.45) is 1.61. The van der Waals surface area contributed by atoms with Gasteiger partial charge in [-0.3, -0.25) is 9.59 Å². The molecule has 0 aromatic heterocycles. The van der Waals surface area contributed by atoms with Crippen LogP contribution in [-0.4, -0.2) is 23.4 Å². The number of amides is 2. The van der Waals surface area contributed by atoms with Crippen LogP contribution in [0, 0.1) is 0 Å². The Balaban J connectivity index is 1.93. The van der Waals surface area contributed by atoms with Gasteiger partial charge < -0.3 is 9.84 Å². The molecule has 0 radical (unpaired) electrons. The van der Waals surface area contributed by atoms with Gasteiger partial charge in [-0.05, 0) is 47.7 Å². The highest BCUT2D eigenvalue weighted by Gasteiger charge is 2.36. The molecule has 1 N–H and O–H groups in total. The number of nitrogens with zero attached hydrogens (tertiary/aromatic N) is 1. The van der Waals surface area contributed by atoms with Crippen molar-refractivity contribution in [1.82, 2.24) is 0 Å². The largest absolute Gasteiger partial charge is 0.504 e.